The number of amides is 1. The Hall–Kier alpha value is -1.57. The standard InChI is InChI=1S/C19H32N4O3S/c1-5-16(6-2)19(24)22-10-8-21(9-11-22)18-14(3)20-23(15(18)4)17-7-12-27(25,26)13-17/h16-17H,5-13H2,1-4H3. The molecule has 2 saturated heterocycles. The predicted octanol–water partition coefficient (Wildman–Crippen LogP) is 1.94. The highest BCUT2D eigenvalue weighted by Gasteiger charge is 2.33. The van der Waals surface area contributed by atoms with Crippen LogP contribution in [0.5, 0.6) is 0 Å². The van der Waals surface area contributed by atoms with Crippen molar-refractivity contribution in [3.63, 3.8) is 0 Å². The fourth-order valence-electron chi connectivity index (χ4n) is 4.48. The highest BCUT2D eigenvalue weighted by Crippen LogP contribution is 2.31. The molecule has 2 aliphatic rings. The molecule has 8 heteroatoms. The van der Waals surface area contributed by atoms with Crippen LogP contribution in [0.2, 0.25) is 0 Å². The summed E-state index contributed by atoms with van der Waals surface area (Å²) >= 11 is 0. The Labute approximate surface area is 162 Å². The Bertz CT molecular complexity index is 790. The number of aryl methyl sites for hydroxylation is 1. The number of hydrogen-bond donors (Lipinski definition) is 0. The summed E-state index contributed by atoms with van der Waals surface area (Å²) in [7, 11) is -2.94. The van der Waals surface area contributed by atoms with Gasteiger partial charge in [0.25, 0.3) is 0 Å². The second kappa shape index (κ2) is 7.81. The predicted molar refractivity (Wildman–Crippen MR) is 107 cm³/mol. The van der Waals surface area contributed by atoms with Gasteiger partial charge >= 0.3 is 0 Å². The number of rotatable bonds is 5. The monoisotopic (exact) mass is 396 g/mol. The van der Waals surface area contributed by atoms with E-state index in [4.69, 9.17) is 0 Å². The molecule has 0 saturated carbocycles. The van der Waals surface area contributed by atoms with E-state index in [1.54, 1.807) is 0 Å². The van der Waals surface area contributed by atoms with Crippen molar-refractivity contribution in [2.24, 2.45) is 5.92 Å². The summed E-state index contributed by atoms with van der Waals surface area (Å²) in [6.45, 7) is 11.2. The van der Waals surface area contributed by atoms with E-state index >= 15 is 0 Å². The summed E-state index contributed by atoms with van der Waals surface area (Å²) in [6, 6.07) is -0.0554. The number of sulfone groups is 1. The number of aromatic nitrogens is 2. The number of carbonyl (C=O) groups is 1. The molecule has 0 spiro atoms. The van der Waals surface area contributed by atoms with E-state index < -0.39 is 9.84 Å². The summed E-state index contributed by atoms with van der Waals surface area (Å²) in [5.74, 6) is 0.848. The minimum absolute atomic E-state index is 0.0554. The second-order valence-electron chi connectivity index (χ2n) is 7.85. The van der Waals surface area contributed by atoms with Crippen molar-refractivity contribution in [3.8, 4) is 0 Å². The Kier molecular flexibility index (Phi) is 5.84. The molecule has 2 aliphatic heterocycles. The van der Waals surface area contributed by atoms with Gasteiger partial charge in [-0.3, -0.25) is 9.48 Å². The highest BCUT2D eigenvalue weighted by molar-refractivity contribution is 7.91. The summed E-state index contributed by atoms with van der Waals surface area (Å²) in [6.07, 6.45) is 2.43. The summed E-state index contributed by atoms with van der Waals surface area (Å²) in [4.78, 5) is 16.9. The van der Waals surface area contributed by atoms with Gasteiger partial charge in [-0.25, -0.2) is 8.42 Å². The molecule has 152 valence electrons. The molecular formula is C19H32N4O3S. The Morgan fingerprint density at radius 1 is 1.15 bits per heavy atom. The first kappa shape index (κ1) is 20.2. The van der Waals surface area contributed by atoms with Gasteiger partial charge in [-0.05, 0) is 33.1 Å². The van der Waals surface area contributed by atoms with Crippen LogP contribution in [0, 0.1) is 19.8 Å². The first-order valence-electron chi connectivity index (χ1n) is 10.1. The minimum Gasteiger partial charge on any atom is -0.365 e. The van der Waals surface area contributed by atoms with E-state index in [0.29, 0.717) is 6.42 Å². The van der Waals surface area contributed by atoms with Gasteiger partial charge in [0, 0.05) is 32.1 Å². The summed E-state index contributed by atoms with van der Waals surface area (Å²) in [5, 5.41) is 4.67. The smallest absolute Gasteiger partial charge is 0.225 e. The maximum absolute atomic E-state index is 12.6. The van der Waals surface area contributed by atoms with E-state index in [1.807, 2.05) is 23.4 Å². The van der Waals surface area contributed by atoms with Crippen molar-refractivity contribution in [1.82, 2.24) is 14.7 Å². The zero-order chi connectivity index (χ0) is 19.8. The zero-order valence-electron chi connectivity index (χ0n) is 16.9. The quantitative estimate of drug-likeness (QED) is 0.760. The number of piperazine rings is 1. The second-order valence-corrected chi connectivity index (χ2v) is 10.1. The van der Waals surface area contributed by atoms with Crippen molar-refractivity contribution in [3.05, 3.63) is 11.4 Å². The van der Waals surface area contributed by atoms with Crippen molar-refractivity contribution >= 4 is 21.4 Å². The maximum Gasteiger partial charge on any atom is 0.225 e. The summed E-state index contributed by atoms with van der Waals surface area (Å²) in [5.41, 5.74) is 3.08. The molecule has 0 N–H and O–H groups in total. The summed E-state index contributed by atoms with van der Waals surface area (Å²) < 4.78 is 25.6. The van der Waals surface area contributed by atoms with Gasteiger partial charge in [-0.15, -0.1) is 0 Å². The molecule has 0 bridgehead atoms. The first-order chi connectivity index (χ1) is 12.8. The minimum atomic E-state index is -2.94. The lowest BCUT2D eigenvalue weighted by Gasteiger charge is -2.37. The lowest BCUT2D eigenvalue weighted by atomic mass is 10.0. The van der Waals surface area contributed by atoms with Crippen molar-refractivity contribution in [1.29, 1.82) is 0 Å². The molecule has 3 heterocycles. The molecule has 7 nitrogen and oxygen atoms in total. The van der Waals surface area contributed by atoms with Crippen molar-refractivity contribution in [2.75, 3.05) is 42.6 Å². The molecule has 2 fully saturated rings. The molecule has 0 aliphatic carbocycles. The van der Waals surface area contributed by atoms with Gasteiger partial charge in [-0.1, -0.05) is 13.8 Å². The zero-order valence-corrected chi connectivity index (χ0v) is 17.8. The van der Waals surface area contributed by atoms with Crippen LogP contribution in [-0.4, -0.2) is 66.7 Å². The average Bonchev–Trinajstić information content (AvgIpc) is 3.14. The lowest BCUT2D eigenvalue weighted by Crippen LogP contribution is -2.50. The lowest BCUT2D eigenvalue weighted by molar-refractivity contribution is -0.136. The van der Waals surface area contributed by atoms with Crippen LogP contribution in [0.1, 0.15) is 50.5 Å². The van der Waals surface area contributed by atoms with E-state index in [1.165, 1.54) is 0 Å². The molecule has 27 heavy (non-hydrogen) atoms. The van der Waals surface area contributed by atoms with Gasteiger partial charge in [0.05, 0.1) is 34.6 Å². The van der Waals surface area contributed by atoms with Crippen LogP contribution in [0.3, 0.4) is 0 Å². The number of nitrogens with zero attached hydrogens (tertiary/aromatic N) is 4. The maximum atomic E-state index is 12.6. The molecule has 1 unspecified atom stereocenters. The van der Waals surface area contributed by atoms with Crippen molar-refractivity contribution < 1.29 is 13.2 Å². The molecule has 1 amide bonds. The molecule has 1 atom stereocenters. The molecule has 1 aromatic rings. The van der Waals surface area contributed by atoms with Crippen LogP contribution in [0.4, 0.5) is 5.69 Å². The molecule has 0 aromatic carbocycles. The third kappa shape index (κ3) is 4.00. The van der Waals surface area contributed by atoms with Crippen LogP contribution < -0.4 is 4.90 Å². The Balaban J connectivity index is 1.71. The molecule has 3 rings (SSSR count). The third-order valence-electron chi connectivity index (χ3n) is 6.08. The Morgan fingerprint density at radius 2 is 1.78 bits per heavy atom. The Morgan fingerprint density at radius 3 is 2.30 bits per heavy atom. The largest absolute Gasteiger partial charge is 0.365 e. The molecular weight excluding hydrogens is 364 g/mol. The number of anilines is 1. The van der Waals surface area contributed by atoms with E-state index in [2.05, 4.69) is 23.8 Å². The van der Waals surface area contributed by atoms with E-state index in [9.17, 15) is 13.2 Å². The van der Waals surface area contributed by atoms with E-state index in [0.717, 1.165) is 56.1 Å². The normalized spacial score (nSPS) is 22.6. The van der Waals surface area contributed by atoms with Gasteiger partial charge in [0.2, 0.25) is 5.91 Å². The number of carbonyl (C=O) groups excluding carboxylic acids is 1. The van der Waals surface area contributed by atoms with Crippen molar-refractivity contribution in [2.45, 2.75) is 53.0 Å². The fraction of sp³-hybridized carbons (Fsp3) is 0.789. The van der Waals surface area contributed by atoms with Crippen LogP contribution in [-0.2, 0) is 14.6 Å². The van der Waals surface area contributed by atoms with E-state index in [-0.39, 0.29) is 29.4 Å². The van der Waals surface area contributed by atoms with Gasteiger partial charge in [0.15, 0.2) is 9.84 Å². The highest BCUT2D eigenvalue weighted by atomic mass is 32.2. The SMILES string of the molecule is CCC(CC)C(=O)N1CCN(c2c(C)nn(C3CCS(=O)(=O)C3)c2C)CC1. The van der Waals surface area contributed by atoms with Gasteiger partial charge in [0.1, 0.15) is 0 Å². The average molecular weight is 397 g/mol. The van der Waals surface area contributed by atoms with Crippen LogP contribution >= 0.6 is 0 Å². The molecule has 0 radical (unpaired) electrons. The number of hydrogen-bond acceptors (Lipinski definition) is 5. The third-order valence-corrected chi connectivity index (χ3v) is 7.83. The topological polar surface area (TPSA) is 75.5 Å². The molecule has 1 aromatic heterocycles. The van der Waals surface area contributed by atoms with Crippen LogP contribution in [0.15, 0.2) is 0 Å². The van der Waals surface area contributed by atoms with Gasteiger partial charge in [-0.2, -0.15) is 5.10 Å². The fourth-order valence-corrected chi connectivity index (χ4v) is 6.17. The van der Waals surface area contributed by atoms with Crippen LogP contribution in [0.25, 0.3) is 0 Å². The first-order valence-corrected chi connectivity index (χ1v) is 11.9. The van der Waals surface area contributed by atoms with Gasteiger partial charge < -0.3 is 9.80 Å².